The average Bonchev–Trinajstić information content (AvgIpc) is 3.32. The third-order valence-electron chi connectivity index (χ3n) is 5.33. The van der Waals surface area contributed by atoms with Crippen LogP contribution < -0.4 is 5.32 Å². The number of halogens is 1. The minimum Gasteiger partial charge on any atom is -0.322 e. The van der Waals surface area contributed by atoms with Gasteiger partial charge in [0.1, 0.15) is 5.82 Å². The van der Waals surface area contributed by atoms with Crippen molar-refractivity contribution in [2.45, 2.75) is 19.0 Å². The summed E-state index contributed by atoms with van der Waals surface area (Å²) >= 11 is 0. The maximum absolute atomic E-state index is 13.0. The highest BCUT2D eigenvalue weighted by Gasteiger charge is 2.38. The van der Waals surface area contributed by atoms with E-state index < -0.39 is 0 Å². The molecule has 1 N–H and O–H groups in total. The molecule has 0 radical (unpaired) electrons. The van der Waals surface area contributed by atoms with Gasteiger partial charge >= 0.3 is 12.1 Å². The lowest BCUT2D eigenvalue weighted by Gasteiger charge is -2.25. The van der Waals surface area contributed by atoms with Gasteiger partial charge in [0.15, 0.2) is 0 Å². The van der Waals surface area contributed by atoms with Crippen LogP contribution >= 0.6 is 0 Å². The van der Waals surface area contributed by atoms with Crippen LogP contribution in [0.3, 0.4) is 0 Å². The Labute approximate surface area is 163 Å². The monoisotopic (exact) mass is 382 g/mol. The molecular formula is C21H23FN4O2. The van der Waals surface area contributed by atoms with E-state index in [1.807, 2.05) is 40.1 Å². The van der Waals surface area contributed by atoms with Gasteiger partial charge in [0.25, 0.3) is 0 Å². The first-order valence-corrected chi connectivity index (χ1v) is 9.51. The number of nitrogens with one attached hydrogen (secondary N) is 1. The Balaban J connectivity index is 1.32. The molecule has 0 bridgehead atoms. The SMILES string of the molecule is O=C(Nc1ccc(F)cc1)N1CCC(N2CCN(Cc3ccccc3)C2=O)C1. The van der Waals surface area contributed by atoms with E-state index in [0.29, 0.717) is 38.4 Å². The van der Waals surface area contributed by atoms with E-state index in [4.69, 9.17) is 0 Å². The van der Waals surface area contributed by atoms with Gasteiger partial charge in [-0.1, -0.05) is 30.3 Å². The molecule has 4 rings (SSSR count). The molecule has 1 unspecified atom stereocenters. The van der Waals surface area contributed by atoms with Crippen LogP contribution in [0, 0.1) is 5.82 Å². The molecule has 2 fully saturated rings. The number of benzene rings is 2. The minimum absolute atomic E-state index is 0.0345. The van der Waals surface area contributed by atoms with Crippen LogP contribution in [0.5, 0.6) is 0 Å². The lowest BCUT2D eigenvalue weighted by atomic mass is 10.2. The predicted molar refractivity (Wildman–Crippen MR) is 104 cm³/mol. The number of nitrogens with zero attached hydrogens (tertiary/aromatic N) is 3. The van der Waals surface area contributed by atoms with Crippen molar-refractivity contribution in [1.29, 1.82) is 0 Å². The van der Waals surface area contributed by atoms with E-state index in [2.05, 4.69) is 5.32 Å². The Hall–Kier alpha value is -3.09. The van der Waals surface area contributed by atoms with Crippen LogP contribution in [0.15, 0.2) is 54.6 Å². The number of urea groups is 2. The number of amides is 4. The summed E-state index contributed by atoms with van der Waals surface area (Å²) in [6.07, 6.45) is 0.766. The van der Waals surface area contributed by atoms with Crippen LogP contribution in [0.25, 0.3) is 0 Å². The molecule has 2 aliphatic heterocycles. The highest BCUT2D eigenvalue weighted by molar-refractivity contribution is 5.89. The summed E-state index contributed by atoms with van der Waals surface area (Å²) in [7, 11) is 0. The lowest BCUT2D eigenvalue weighted by Crippen LogP contribution is -2.42. The van der Waals surface area contributed by atoms with Crippen molar-refractivity contribution >= 4 is 17.7 Å². The number of rotatable bonds is 4. The largest absolute Gasteiger partial charge is 0.322 e. The van der Waals surface area contributed by atoms with Gasteiger partial charge in [-0.05, 0) is 36.2 Å². The van der Waals surface area contributed by atoms with Gasteiger partial charge in [0, 0.05) is 38.4 Å². The topological polar surface area (TPSA) is 55.9 Å². The molecule has 2 aromatic rings. The molecule has 6 nitrogen and oxygen atoms in total. The van der Waals surface area contributed by atoms with Crippen molar-refractivity contribution in [3.8, 4) is 0 Å². The maximum atomic E-state index is 13.0. The van der Waals surface area contributed by atoms with E-state index in [9.17, 15) is 14.0 Å². The van der Waals surface area contributed by atoms with E-state index >= 15 is 0 Å². The molecule has 28 heavy (non-hydrogen) atoms. The van der Waals surface area contributed by atoms with E-state index in [-0.39, 0.29) is 23.9 Å². The Morgan fingerprint density at radius 2 is 1.79 bits per heavy atom. The molecule has 1 atom stereocenters. The summed E-state index contributed by atoms with van der Waals surface area (Å²) in [5.41, 5.74) is 1.67. The molecule has 2 aliphatic rings. The van der Waals surface area contributed by atoms with Gasteiger partial charge < -0.3 is 20.0 Å². The first kappa shape index (κ1) is 18.3. The highest BCUT2D eigenvalue weighted by Crippen LogP contribution is 2.23. The van der Waals surface area contributed by atoms with Crippen LogP contribution in [0.1, 0.15) is 12.0 Å². The van der Waals surface area contributed by atoms with Crippen molar-refractivity contribution in [2.75, 3.05) is 31.5 Å². The fourth-order valence-electron chi connectivity index (χ4n) is 3.81. The minimum atomic E-state index is -0.341. The number of carbonyl (C=O) groups excluding carboxylic acids is 2. The summed E-state index contributed by atoms with van der Waals surface area (Å²) in [5, 5.41) is 2.78. The van der Waals surface area contributed by atoms with Gasteiger partial charge in [-0.3, -0.25) is 0 Å². The van der Waals surface area contributed by atoms with Crippen molar-refractivity contribution < 1.29 is 14.0 Å². The summed E-state index contributed by atoms with van der Waals surface area (Å²) in [6, 6.07) is 15.5. The molecule has 2 heterocycles. The first-order chi connectivity index (χ1) is 13.6. The molecular weight excluding hydrogens is 359 g/mol. The Bertz CT molecular complexity index is 843. The fraction of sp³-hybridized carbons (Fsp3) is 0.333. The zero-order valence-electron chi connectivity index (χ0n) is 15.6. The highest BCUT2D eigenvalue weighted by atomic mass is 19.1. The van der Waals surface area contributed by atoms with Crippen LogP contribution in [0.4, 0.5) is 19.7 Å². The van der Waals surface area contributed by atoms with Crippen LogP contribution in [0.2, 0.25) is 0 Å². The third kappa shape index (κ3) is 3.93. The van der Waals surface area contributed by atoms with Crippen molar-refractivity contribution in [1.82, 2.24) is 14.7 Å². The Morgan fingerprint density at radius 1 is 1.04 bits per heavy atom. The molecule has 0 saturated carbocycles. The van der Waals surface area contributed by atoms with Gasteiger partial charge in [0.05, 0.1) is 6.04 Å². The Kier molecular flexibility index (Phi) is 5.14. The Morgan fingerprint density at radius 3 is 2.54 bits per heavy atom. The normalized spacial score (nSPS) is 19.4. The molecule has 4 amide bonds. The number of likely N-dealkylation sites (tertiary alicyclic amines) is 1. The standard InChI is InChI=1S/C21H23FN4O2/c22-17-6-8-18(9-7-17)23-20(27)24-11-10-19(15-24)26-13-12-25(21(26)28)14-16-4-2-1-3-5-16/h1-9,19H,10-15H2,(H,23,27). The summed E-state index contributed by atoms with van der Waals surface area (Å²) < 4.78 is 13.0. The van der Waals surface area contributed by atoms with Crippen molar-refractivity contribution in [3.63, 3.8) is 0 Å². The van der Waals surface area contributed by atoms with E-state index in [0.717, 1.165) is 12.0 Å². The molecule has 0 spiro atoms. The molecule has 2 saturated heterocycles. The summed E-state index contributed by atoms with van der Waals surface area (Å²) in [6.45, 7) is 3.10. The second-order valence-corrected chi connectivity index (χ2v) is 7.21. The number of carbonyl (C=O) groups is 2. The summed E-state index contributed by atoms with van der Waals surface area (Å²) in [5.74, 6) is -0.341. The number of anilines is 1. The smallest absolute Gasteiger partial charge is 0.321 e. The lowest BCUT2D eigenvalue weighted by molar-refractivity contribution is 0.175. The molecule has 146 valence electrons. The zero-order valence-corrected chi connectivity index (χ0v) is 15.6. The quantitative estimate of drug-likeness (QED) is 0.882. The second kappa shape index (κ2) is 7.88. The third-order valence-corrected chi connectivity index (χ3v) is 5.33. The van der Waals surface area contributed by atoms with Crippen molar-refractivity contribution in [2.24, 2.45) is 0 Å². The van der Waals surface area contributed by atoms with E-state index in [1.165, 1.54) is 24.3 Å². The first-order valence-electron chi connectivity index (χ1n) is 9.51. The molecule has 2 aromatic carbocycles. The summed E-state index contributed by atoms with van der Waals surface area (Å²) in [4.78, 5) is 30.7. The second-order valence-electron chi connectivity index (χ2n) is 7.21. The van der Waals surface area contributed by atoms with Crippen LogP contribution in [-0.4, -0.2) is 59.0 Å². The molecule has 0 aliphatic carbocycles. The van der Waals surface area contributed by atoms with Crippen LogP contribution in [-0.2, 0) is 6.54 Å². The maximum Gasteiger partial charge on any atom is 0.321 e. The van der Waals surface area contributed by atoms with Gasteiger partial charge in [-0.2, -0.15) is 0 Å². The number of hydrogen-bond acceptors (Lipinski definition) is 2. The number of hydrogen-bond donors (Lipinski definition) is 1. The predicted octanol–water partition coefficient (Wildman–Crippen LogP) is 3.37. The zero-order chi connectivity index (χ0) is 19.5. The van der Waals surface area contributed by atoms with Gasteiger partial charge in [0.2, 0.25) is 0 Å². The van der Waals surface area contributed by atoms with Crippen molar-refractivity contribution in [3.05, 3.63) is 66.0 Å². The van der Waals surface area contributed by atoms with Gasteiger partial charge in [-0.25, -0.2) is 14.0 Å². The average molecular weight is 382 g/mol. The van der Waals surface area contributed by atoms with Gasteiger partial charge in [-0.15, -0.1) is 0 Å². The van der Waals surface area contributed by atoms with E-state index in [1.54, 1.807) is 4.90 Å². The molecule has 7 heteroatoms. The molecule has 0 aromatic heterocycles. The fourth-order valence-corrected chi connectivity index (χ4v) is 3.81.